The molecule has 2 N–H and O–H groups in total. The summed E-state index contributed by atoms with van der Waals surface area (Å²) in [6.45, 7) is 2.89. The monoisotopic (exact) mass is 238 g/mol. The van der Waals surface area contributed by atoms with Crippen LogP contribution in [0, 0.1) is 0 Å². The zero-order chi connectivity index (χ0) is 11.8. The minimum Gasteiger partial charge on any atom is -0.497 e. The number of hydrogen-bond donors (Lipinski definition) is 1. The van der Waals surface area contributed by atoms with E-state index in [1.165, 1.54) is 5.56 Å². The summed E-state index contributed by atoms with van der Waals surface area (Å²) in [7, 11) is 1.67. The highest BCUT2D eigenvalue weighted by atomic mass is 32.2. The van der Waals surface area contributed by atoms with Crippen LogP contribution in [-0.2, 0) is 5.75 Å². The summed E-state index contributed by atoms with van der Waals surface area (Å²) in [5, 5.41) is 0.657. The van der Waals surface area contributed by atoms with Crippen LogP contribution in [0.1, 0.15) is 18.9 Å². The number of hydrogen-bond acceptors (Lipinski definition) is 3. The Kier molecular flexibility index (Phi) is 5.78. The molecule has 0 aliphatic heterocycles. The fraction of sp³-hybridized carbons (Fsp3) is 0.417. The lowest BCUT2D eigenvalue weighted by Gasteiger charge is -2.04. The molecule has 0 atom stereocenters. The molecule has 0 spiro atoms. The zero-order valence-corrected chi connectivity index (χ0v) is 10.6. The fourth-order valence-electron chi connectivity index (χ4n) is 1.19. The summed E-state index contributed by atoms with van der Waals surface area (Å²) < 4.78 is 5.16. The molecule has 0 fully saturated rings. The number of methoxy groups -OCH3 is 1. The van der Waals surface area contributed by atoms with Crippen LogP contribution in [0.4, 0.5) is 0 Å². The first-order chi connectivity index (χ1) is 7.76. The molecule has 4 heteroatoms. The molecule has 0 aliphatic carbocycles. The minimum absolute atomic E-state index is 0.657. The molecule has 0 saturated carbocycles. The number of rotatable bonds is 5. The van der Waals surface area contributed by atoms with Gasteiger partial charge in [0.2, 0.25) is 0 Å². The van der Waals surface area contributed by atoms with E-state index >= 15 is 0 Å². The van der Waals surface area contributed by atoms with Gasteiger partial charge in [0, 0.05) is 12.3 Å². The number of nitrogens with two attached hydrogens (primary N) is 1. The smallest absolute Gasteiger partial charge is 0.154 e. The molecule has 0 radical (unpaired) electrons. The topological polar surface area (TPSA) is 47.6 Å². The molecule has 0 amide bonds. The van der Waals surface area contributed by atoms with Crippen LogP contribution < -0.4 is 10.5 Å². The van der Waals surface area contributed by atoms with E-state index in [0.29, 0.717) is 5.17 Å². The van der Waals surface area contributed by atoms with Gasteiger partial charge in [0.05, 0.1) is 7.11 Å². The number of aliphatic imine (C=N–C) groups is 1. The Morgan fingerprint density at radius 3 is 3.00 bits per heavy atom. The maximum Gasteiger partial charge on any atom is 0.154 e. The molecule has 0 bridgehead atoms. The lowest BCUT2D eigenvalue weighted by Crippen LogP contribution is -2.07. The van der Waals surface area contributed by atoms with Crippen molar-refractivity contribution in [2.24, 2.45) is 10.7 Å². The molecule has 0 unspecified atom stereocenters. The molecule has 16 heavy (non-hydrogen) atoms. The Hall–Kier alpha value is -1.16. The van der Waals surface area contributed by atoms with Gasteiger partial charge in [-0.25, -0.2) is 0 Å². The molecular weight excluding hydrogens is 220 g/mol. The maximum absolute atomic E-state index is 5.76. The highest BCUT2D eigenvalue weighted by Crippen LogP contribution is 2.17. The van der Waals surface area contributed by atoms with Crippen LogP contribution in [0.2, 0.25) is 0 Å². The van der Waals surface area contributed by atoms with Crippen LogP contribution in [-0.4, -0.2) is 18.8 Å². The second-order valence-electron chi connectivity index (χ2n) is 3.36. The predicted molar refractivity (Wildman–Crippen MR) is 71.1 cm³/mol. The van der Waals surface area contributed by atoms with E-state index in [1.807, 2.05) is 18.2 Å². The summed E-state index contributed by atoms with van der Waals surface area (Å²) in [6, 6.07) is 7.99. The zero-order valence-electron chi connectivity index (χ0n) is 9.77. The van der Waals surface area contributed by atoms with E-state index in [4.69, 9.17) is 10.5 Å². The molecular formula is C12H18N2OS. The molecule has 0 saturated heterocycles. The molecule has 1 rings (SSSR count). The number of nitrogens with zero attached hydrogens (tertiary/aromatic N) is 1. The van der Waals surface area contributed by atoms with Gasteiger partial charge in [-0.15, -0.1) is 0 Å². The largest absolute Gasteiger partial charge is 0.497 e. The molecule has 0 heterocycles. The molecule has 3 nitrogen and oxygen atoms in total. The summed E-state index contributed by atoms with van der Waals surface area (Å²) >= 11 is 1.56. The van der Waals surface area contributed by atoms with Gasteiger partial charge in [-0.05, 0) is 24.1 Å². The molecule has 0 aliphatic rings. The van der Waals surface area contributed by atoms with Gasteiger partial charge in [-0.2, -0.15) is 0 Å². The first-order valence-corrected chi connectivity index (χ1v) is 6.30. The van der Waals surface area contributed by atoms with Gasteiger partial charge >= 0.3 is 0 Å². The third-order valence-corrected chi connectivity index (χ3v) is 2.91. The van der Waals surface area contributed by atoms with Gasteiger partial charge < -0.3 is 10.5 Å². The average molecular weight is 238 g/mol. The predicted octanol–water partition coefficient (Wildman–Crippen LogP) is 2.65. The van der Waals surface area contributed by atoms with E-state index in [2.05, 4.69) is 18.0 Å². The first-order valence-electron chi connectivity index (χ1n) is 5.32. The molecule has 0 aromatic heterocycles. The fourth-order valence-corrected chi connectivity index (χ4v) is 1.86. The second kappa shape index (κ2) is 7.17. The van der Waals surface area contributed by atoms with E-state index in [9.17, 15) is 0 Å². The number of amidine groups is 1. The highest BCUT2D eigenvalue weighted by molar-refractivity contribution is 8.13. The highest BCUT2D eigenvalue weighted by Gasteiger charge is 1.98. The van der Waals surface area contributed by atoms with Crippen molar-refractivity contribution >= 4 is 16.9 Å². The van der Waals surface area contributed by atoms with Gasteiger partial charge in [-0.3, -0.25) is 4.99 Å². The summed E-state index contributed by atoms with van der Waals surface area (Å²) in [4.78, 5) is 4.23. The number of benzene rings is 1. The lowest BCUT2D eigenvalue weighted by atomic mass is 10.2. The van der Waals surface area contributed by atoms with E-state index in [1.54, 1.807) is 18.9 Å². The Bertz CT molecular complexity index is 353. The van der Waals surface area contributed by atoms with Crippen LogP contribution in [0.5, 0.6) is 5.75 Å². The van der Waals surface area contributed by atoms with Crippen molar-refractivity contribution in [1.29, 1.82) is 0 Å². The molecule has 1 aromatic carbocycles. The first kappa shape index (κ1) is 12.9. The van der Waals surface area contributed by atoms with E-state index in [-0.39, 0.29) is 0 Å². The van der Waals surface area contributed by atoms with Crippen molar-refractivity contribution in [3.63, 3.8) is 0 Å². The van der Waals surface area contributed by atoms with Gasteiger partial charge in [0.1, 0.15) is 5.75 Å². The lowest BCUT2D eigenvalue weighted by molar-refractivity contribution is 0.414. The molecule has 88 valence electrons. The number of thioether (sulfide) groups is 1. The van der Waals surface area contributed by atoms with Crippen LogP contribution in [0.3, 0.4) is 0 Å². The molecule has 1 aromatic rings. The van der Waals surface area contributed by atoms with Gasteiger partial charge in [0.25, 0.3) is 0 Å². The Morgan fingerprint density at radius 1 is 1.50 bits per heavy atom. The summed E-state index contributed by atoms with van der Waals surface area (Å²) in [5.74, 6) is 1.71. The van der Waals surface area contributed by atoms with Crippen molar-refractivity contribution < 1.29 is 4.74 Å². The standard InChI is InChI=1S/C12H18N2OS/c1-3-7-14-12(13)16-9-10-5-4-6-11(8-10)15-2/h4-6,8H,3,7,9H2,1-2H3,(H2,13,14). The van der Waals surface area contributed by atoms with Gasteiger partial charge in [-0.1, -0.05) is 30.8 Å². The van der Waals surface area contributed by atoms with Crippen LogP contribution >= 0.6 is 11.8 Å². The summed E-state index contributed by atoms with van der Waals surface area (Å²) in [6.07, 6.45) is 1.03. The minimum atomic E-state index is 0.657. The SMILES string of the molecule is CCCN=C(N)SCc1cccc(OC)c1. The van der Waals surface area contributed by atoms with Crippen molar-refractivity contribution in [3.05, 3.63) is 29.8 Å². The van der Waals surface area contributed by atoms with Crippen LogP contribution in [0.15, 0.2) is 29.3 Å². The van der Waals surface area contributed by atoms with Crippen LogP contribution in [0.25, 0.3) is 0 Å². The summed E-state index contributed by atoms with van der Waals surface area (Å²) in [5.41, 5.74) is 6.95. The van der Waals surface area contributed by atoms with Crippen molar-refractivity contribution in [1.82, 2.24) is 0 Å². The maximum atomic E-state index is 5.76. The Labute approximate surface area is 101 Å². The quantitative estimate of drug-likeness (QED) is 0.633. The van der Waals surface area contributed by atoms with Crippen molar-refractivity contribution in [2.75, 3.05) is 13.7 Å². The Balaban J connectivity index is 2.47. The third kappa shape index (κ3) is 4.57. The van der Waals surface area contributed by atoms with E-state index < -0.39 is 0 Å². The van der Waals surface area contributed by atoms with Crippen molar-refractivity contribution in [3.8, 4) is 5.75 Å². The Morgan fingerprint density at radius 2 is 2.31 bits per heavy atom. The van der Waals surface area contributed by atoms with Gasteiger partial charge in [0.15, 0.2) is 5.17 Å². The number of ether oxygens (including phenoxy) is 1. The normalized spacial score (nSPS) is 11.5. The van der Waals surface area contributed by atoms with E-state index in [0.717, 1.165) is 24.5 Å². The average Bonchev–Trinajstić information content (AvgIpc) is 2.34. The van der Waals surface area contributed by atoms with Crippen molar-refractivity contribution in [2.45, 2.75) is 19.1 Å². The second-order valence-corrected chi connectivity index (χ2v) is 4.36. The third-order valence-electron chi connectivity index (χ3n) is 2.01.